The Bertz CT molecular complexity index is 1020. The normalized spacial score (nSPS) is 20.1. The minimum absolute atomic E-state index is 0.0320. The van der Waals surface area contributed by atoms with Gasteiger partial charge in [-0.1, -0.05) is 16.8 Å². The summed E-state index contributed by atoms with van der Waals surface area (Å²) in [6, 6.07) is 2.96. The molecule has 8 nitrogen and oxygen atoms in total. The van der Waals surface area contributed by atoms with Crippen molar-refractivity contribution < 1.29 is 17.7 Å². The van der Waals surface area contributed by atoms with Crippen LogP contribution in [0.1, 0.15) is 29.3 Å². The molecule has 0 saturated carbocycles. The van der Waals surface area contributed by atoms with E-state index in [1.165, 1.54) is 12.1 Å². The van der Waals surface area contributed by atoms with Crippen molar-refractivity contribution in [2.24, 2.45) is 16.6 Å². The van der Waals surface area contributed by atoms with Crippen molar-refractivity contribution in [3.8, 4) is 0 Å². The number of aliphatic imine (C=N–C) groups is 1. The van der Waals surface area contributed by atoms with E-state index in [1.54, 1.807) is 4.90 Å². The van der Waals surface area contributed by atoms with Crippen LogP contribution in [0, 0.1) is 11.3 Å². The molecule has 1 aromatic carbocycles. The molecule has 1 atom stereocenters. The van der Waals surface area contributed by atoms with E-state index in [4.69, 9.17) is 27.3 Å². The van der Waals surface area contributed by atoms with Crippen LogP contribution < -0.4 is 11.1 Å². The van der Waals surface area contributed by atoms with Crippen LogP contribution >= 0.6 is 11.6 Å². The maximum atomic E-state index is 13.5. The van der Waals surface area contributed by atoms with E-state index in [-0.39, 0.29) is 40.9 Å². The van der Waals surface area contributed by atoms with E-state index in [9.17, 15) is 13.2 Å². The summed E-state index contributed by atoms with van der Waals surface area (Å²) >= 11 is 5.97. The Morgan fingerprint density at radius 1 is 1.34 bits per heavy atom. The monoisotopic (exact) mass is 469 g/mol. The molecule has 12 heteroatoms. The van der Waals surface area contributed by atoms with Gasteiger partial charge in [-0.25, -0.2) is 0 Å². The Morgan fingerprint density at radius 2 is 2.12 bits per heavy atom. The standard InChI is InChI=1S/C20H23ClF3N7O/c21-13-1-2-14(20(22,23)24)12(6-13)10-31-4-3-28-18(26)16(31)7-15(25)19-29-17(32-30-19)5-11-8-27-9-11/h1-2,6,11,16,25,27H,3-5,7-10H2,(H2,26,28). The van der Waals surface area contributed by atoms with Crippen LogP contribution in [0.15, 0.2) is 27.7 Å². The van der Waals surface area contributed by atoms with Crippen LogP contribution in [0.2, 0.25) is 5.02 Å². The minimum Gasteiger partial charge on any atom is -0.386 e. The Hall–Kier alpha value is -2.50. The summed E-state index contributed by atoms with van der Waals surface area (Å²) in [6.07, 6.45) is -3.77. The van der Waals surface area contributed by atoms with Crippen molar-refractivity contribution in [1.29, 1.82) is 5.41 Å². The number of nitrogens with one attached hydrogen (secondary N) is 2. The number of amidine groups is 1. The Kier molecular flexibility index (Phi) is 6.50. The maximum absolute atomic E-state index is 13.5. The molecule has 2 aliphatic heterocycles. The molecule has 2 aromatic rings. The zero-order valence-corrected chi connectivity index (χ0v) is 17.9. The van der Waals surface area contributed by atoms with E-state index < -0.39 is 17.8 Å². The molecule has 32 heavy (non-hydrogen) atoms. The summed E-state index contributed by atoms with van der Waals surface area (Å²) in [7, 11) is 0. The average molecular weight is 470 g/mol. The molecule has 0 spiro atoms. The van der Waals surface area contributed by atoms with E-state index in [1.807, 2.05) is 0 Å². The topological polar surface area (TPSA) is 116 Å². The third kappa shape index (κ3) is 5.11. The third-order valence-corrected chi connectivity index (χ3v) is 5.91. The molecule has 3 heterocycles. The summed E-state index contributed by atoms with van der Waals surface area (Å²) in [4.78, 5) is 10.3. The number of hydrogen-bond acceptors (Lipinski definition) is 8. The third-order valence-electron chi connectivity index (χ3n) is 5.67. The summed E-state index contributed by atoms with van der Waals surface area (Å²) in [5, 5.41) is 15.7. The van der Waals surface area contributed by atoms with Crippen LogP contribution in [-0.2, 0) is 19.1 Å². The summed E-state index contributed by atoms with van der Waals surface area (Å²) in [5.41, 5.74) is 5.48. The lowest BCUT2D eigenvalue weighted by Gasteiger charge is -2.34. The first-order chi connectivity index (χ1) is 15.2. The number of aromatic nitrogens is 2. The highest BCUT2D eigenvalue weighted by atomic mass is 35.5. The molecule has 172 valence electrons. The van der Waals surface area contributed by atoms with Gasteiger partial charge in [0.15, 0.2) is 0 Å². The molecule has 4 N–H and O–H groups in total. The Balaban J connectivity index is 1.50. The Labute approximate surface area is 187 Å². The van der Waals surface area contributed by atoms with Gasteiger partial charge in [-0.2, -0.15) is 18.2 Å². The van der Waals surface area contributed by atoms with Crippen molar-refractivity contribution in [3.05, 3.63) is 46.1 Å². The van der Waals surface area contributed by atoms with Crippen LogP contribution in [-0.4, -0.2) is 58.8 Å². The molecule has 0 aliphatic carbocycles. The van der Waals surface area contributed by atoms with Gasteiger partial charge in [0.2, 0.25) is 11.7 Å². The van der Waals surface area contributed by atoms with Crippen LogP contribution in [0.5, 0.6) is 0 Å². The lowest BCUT2D eigenvalue weighted by Crippen LogP contribution is -2.50. The first-order valence-corrected chi connectivity index (χ1v) is 10.6. The van der Waals surface area contributed by atoms with E-state index in [0.29, 0.717) is 31.3 Å². The minimum atomic E-state index is -4.51. The number of alkyl halides is 3. The molecule has 0 amide bonds. The second-order valence-electron chi connectivity index (χ2n) is 8.01. The maximum Gasteiger partial charge on any atom is 0.416 e. The van der Waals surface area contributed by atoms with Crippen molar-refractivity contribution >= 4 is 23.1 Å². The summed E-state index contributed by atoms with van der Waals surface area (Å²) in [6.45, 7) is 2.51. The van der Waals surface area contributed by atoms with Crippen LogP contribution in [0.4, 0.5) is 13.2 Å². The lowest BCUT2D eigenvalue weighted by atomic mass is 9.99. The highest BCUT2D eigenvalue weighted by Crippen LogP contribution is 2.34. The molecule has 2 aliphatic rings. The fourth-order valence-corrected chi connectivity index (χ4v) is 4.05. The number of halogens is 4. The fourth-order valence-electron chi connectivity index (χ4n) is 3.85. The molecule has 1 saturated heterocycles. The quantitative estimate of drug-likeness (QED) is 0.536. The van der Waals surface area contributed by atoms with Crippen LogP contribution in [0.3, 0.4) is 0 Å². The molecule has 4 rings (SSSR count). The van der Waals surface area contributed by atoms with Gasteiger partial charge in [-0.3, -0.25) is 9.89 Å². The number of nitrogens with zero attached hydrogens (tertiary/aromatic N) is 4. The second-order valence-corrected chi connectivity index (χ2v) is 8.45. The smallest absolute Gasteiger partial charge is 0.386 e. The van der Waals surface area contributed by atoms with Gasteiger partial charge in [0.05, 0.1) is 23.9 Å². The Morgan fingerprint density at radius 3 is 2.81 bits per heavy atom. The molecule has 1 fully saturated rings. The van der Waals surface area contributed by atoms with Crippen molar-refractivity contribution in [1.82, 2.24) is 20.4 Å². The second kappa shape index (κ2) is 9.16. The number of nitrogens with two attached hydrogens (primary N) is 1. The molecule has 1 aromatic heterocycles. The predicted molar refractivity (Wildman–Crippen MR) is 113 cm³/mol. The average Bonchev–Trinajstić information content (AvgIpc) is 3.15. The molecule has 1 unspecified atom stereocenters. The number of hydrogen-bond donors (Lipinski definition) is 3. The molecule has 0 bridgehead atoms. The molecule has 0 radical (unpaired) electrons. The van der Waals surface area contributed by atoms with Gasteiger partial charge in [-0.15, -0.1) is 0 Å². The lowest BCUT2D eigenvalue weighted by molar-refractivity contribution is -0.138. The van der Waals surface area contributed by atoms with Gasteiger partial charge < -0.3 is 21.0 Å². The number of rotatable bonds is 7. The first kappa shape index (κ1) is 22.7. The van der Waals surface area contributed by atoms with E-state index >= 15 is 0 Å². The number of benzene rings is 1. The summed E-state index contributed by atoms with van der Waals surface area (Å²) in [5.74, 6) is 1.33. The van der Waals surface area contributed by atoms with Gasteiger partial charge >= 0.3 is 6.18 Å². The highest BCUT2D eigenvalue weighted by Gasteiger charge is 2.35. The fraction of sp³-hybridized carbons (Fsp3) is 0.500. The zero-order valence-electron chi connectivity index (χ0n) is 17.1. The van der Waals surface area contributed by atoms with Crippen molar-refractivity contribution in [2.45, 2.75) is 31.6 Å². The van der Waals surface area contributed by atoms with Gasteiger partial charge in [0.1, 0.15) is 5.84 Å². The van der Waals surface area contributed by atoms with Crippen molar-refractivity contribution in [2.75, 3.05) is 26.2 Å². The first-order valence-electron chi connectivity index (χ1n) is 10.2. The van der Waals surface area contributed by atoms with Gasteiger partial charge in [0, 0.05) is 31.0 Å². The summed E-state index contributed by atoms with van der Waals surface area (Å²) < 4.78 is 45.7. The van der Waals surface area contributed by atoms with Gasteiger partial charge in [0.25, 0.3) is 0 Å². The predicted octanol–water partition coefficient (Wildman–Crippen LogP) is 2.50. The van der Waals surface area contributed by atoms with Crippen molar-refractivity contribution in [3.63, 3.8) is 0 Å². The SMILES string of the molecule is N=C(CC1C(N)=NCCN1Cc1cc(Cl)ccc1C(F)(F)F)c1noc(CC2CNC2)n1. The molecular weight excluding hydrogens is 447 g/mol. The van der Waals surface area contributed by atoms with Crippen LogP contribution in [0.25, 0.3) is 0 Å². The molecular formula is C20H23ClF3N7O. The van der Waals surface area contributed by atoms with Gasteiger partial charge in [-0.05, 0) is 42.8 Å². The largest absolute Gasteiger partial charge is 0.416 e. The zero-order chi connectivity index (χ0) is 22.9. The van der Waals surface area contributed by atoms with E-state index in [0.717, 1.165) is 19.2 Å². The highest BCUT2D eigenvalue weighted by molar-refractivity contribution is 6.30. The van der Waals surface area contributed by atoms with E-state index in [2.05, 4.69) is 20.4 Å².